The second-order valence-electron chi connectivity index (χ2n) is 7.66. The van der Waals surface area contributed by atoms with E-state index in [0.717, 1.165) is 31.6 Å². The molecular weight excluding hydrogens is 308 g/mol. The van der Waals surface area contributed by atoms with Gasteiger partial charge in [-0.25, -0.2) is 9.67 Å². The number of pyridine rings is 1. The molecule has 1 saturated carbocycles. The van der Waals surface area contributed by atoms with E-state index in [2.05, 4.69) is 64.3 Å². The number of nitrogens with zero attached hydrogens (tertiary/aromatic N) is 4. The van der Waals surface area contributed by atoms with Crippen LogP contribution in [0.1, 0.15) is 48.3 Å². The molecule has 1 aliphatic carbocycles. The summed E-state index contributed by atoms with van der Waals surface area (Å²) in [5.74, 6) is 1.27. The Kier molecular flexibility index (Phi) is 3.59. The van der Waals surface area contributed by atoms with Crippen molar-refractivity contribution < 1.29 is 0 Å². The summed E-state index contributed by atoms with van der Waals surface area (Å²) in [6.07, 6.45) is 7.65. The van der Waals surface area contributed by atoms with Crippen LogP contribution >= 0.6 is 0 Å². The van der Waals surface area contributed by atoms with E-state index in [-0.39, 0.29) is 0 Å². The first-order chi connectivity index (χ1) is 12.3. The standard InChI is InChI=1S/C21H24N4/c1-24-9-7-18(8-10-24)25-21-17(14-23-25)11-16(13-22-21)20-12-19(20)15-5-3-2-4-6-15/h2-6,11,13-14,18-20H,7-10,12H2,1H3/t19-,20-/m0/s1. The number of hydrogen-bond acceptors (Lipinski definition) is 3. The zero-order valence-corrected chi connectivity index (χ0v) is 14.7. The number of aromatic nitrogens is 3. The summed E-state index contributed by atoms with van der Waals surface area (Å²) >= 11 is 0. The molecule has 1 saturated heterocycles. The van der Waals surface area contributed by atoms with Crippen molar-refractivity contribution in [3.63, 3.8) is 0 Å². The van der Waals surface area contributed by atoms with E-state index < -0.39 is 0 Å². The maximum absolute atomic E-state index is 4.81. The van der Waals surface area contributed by atoms with Gasteiger partial charge in [0.15, 0.2) is 5.65 Å². The van der Waals surface area contributed by atoms with Gasteiger partial charge in [0.2, 0.25) is 0 Å². The van der Waals surface area contributed by atoms with E-state index in [1.54, 1.807) is 0 Å². The monoisotopic (exact) mass is 332 g/mol. The number of fused-ring (bicyclic) bond motifs is 1. The Balaban J connectivity index is 1.39. The minimum atomic E-state index is 0.491. The molecular formula is C21H24N4. The molecule has 1 aliphatic heterocycles. The third-order valence-electron chi connectivity index (χ3n) is 5.93. The molecule has 2 atom stereocenters. The second-order valence-corrected chi connectivity index (χ2v) is 7.66. The first kappa shape index (κ1) is 15.1. The molecule has 25 heavy (non-hydrogen) atoms. The van der Waals surface area contributed by atoms with E-state index in [9.17, 15) is 0 Å². The van der Waals surface area contributed by atoms with E-state index in [1.165, 1.54) is 22.9 Å². The van der Waals surface area contributed by atoms with Crippen molar-refractivity contribution in [2.24, 2.45) is 0 Å². The normalized spacial score (nSPS) is 24.7. The lowest BCUT2D eigenvalue weighted by atomic mass is 10.0. The first-order valence-electron chi connectivity index (χ1n) is 9.36. The highest BCUT2D eigenvalue weighted by Gasteiger charge is 2.39. The van der Waals surface area contributed by atoms with E-state index >= 15 is 0 Å². The molecule has 0 spiro atoms. The molecule has 4 nitrogen and oxygen atoms in total. The molecule has 3 heterocycles. The molecule has 4 heteroatoms. The highest BCUT2D eigenvalue weighted by atomic mass is 15.3. The summed E-state index contributed by atoms with van der Waals surface area (Å²) in [6.45, 7) is 2.29. The van der Waals surface area contributed by atoms with Crippen molar-refractivity contribution in [3.05, 3.63) is 59.9 Å². The van der Waals surface area contributed by atoms with Crippen molar-refractivity contribution in [3.8, 4) is 0 Å². The fraction of sp³-hybridized carbons (Fsp3) is 0.429. The van der Waals surface area contributed by atoms with Crippen molar-refractivity contribution in [2.75, 3.05) is 20.1 Å². The maximum atomic E-state index is 4.81. The highest BCUT2D eigenvalue weighted by molar-refractivity contribution is 5.75. The largest absolute Gasteiger partial charge is 0.306 e. The van der Waals surface area contributed by atoms with Crippen LogP contribution in [0.5, 0.6) is 0 Å². The Hall–Kier alpha value is -2.20. The maximum Gasteiger partial charge on any atom is 0.157 e. The average Bonchev–Trinajstić information content (AvgIpc) is 3.36. The van der Waals surface area contributed by atoms with Crippen LogP contribution in [0, 0.1) is 0 Å². The molecule has 3 aromatic rings. The van der Waals surface area contributed by atoms with Crippen LogP contribution in [0.2, 0.25) is 0 Å². The topological polar surface area (TPSA) is 34.0 Å². The number of likely N-dealkylation sites (tertiary alicyclic amines) is 1. The third kappa shape index (κ3) is 2.74. The molecule has 0 radical (unpaired) electrons. The smallest absolute Gasteiger partial charge is 0.157 e. The second kappa shape index (κ2) is 5.95. The molecule has 0 bridgehead atoms. The Labute approximate surface area is 148 Å². The van der Waals surface area contributed by atoms with Crippen LogP contribution in [0.25, 0.3) is 11.0 Å². The van der Waals surface area contributed by atoms with Gasteiger partial charge >= 0.3 is 0 Å². The van der Waals surface area contributed by atoms with Crippen LogP contribution in [0.15, 0.2) is 48.8 Å². The van der Waals surface area contributed by atoms with E-state index in [0.29, 0.717) is 17.9 Å². The molecule has 0 N–H and O–H groups in total. The lowest BCUT2D eigenvalue weighted by molar-refractivity contribution is 0.215. The van der Waals surface area contributed by atoms with Gasteiger partial charge in [0.05, 0.1) is 12.2 Å². The molecule has 5 rings (SSSR count). The average molecular weight is 332 g/mol. The van der Waals surface area contributed by atoms with Crippen molar-refractivity contribution in [1.29, 1.82) is 0 Å². The summed E-state index contributed by atoms with van der Waals surface area (Å²) in [6, 6.07) is 13.7. The van der Waals surface area contributed by atoms with Crippen molar-refractivity contribution in [2.45, 2.75) is 37.1 Å². The quantitative estimate of drug-likeness (QED) is 0.728. The summed E-state index contributed by atoms with van der Waals surface area (Å²) in [5, 5.41) is 5.87. The summed E-state index contributed by atoms with van der Waals surface area (Å²) in [4.78, 5) is 7.20. The van der Waals surface area contributed by atoms with Crippen LogP contribution in [0.3, 0.4) is 0 Å². The van der Waals surface area contributed by atoms with Crippen LogP contribution < -0.4 is 0 Å². The van der Waals surface area contributed by atoms with Gasteiger partial charge in [-0.3, -0.25) is 0 Å². The molecule has 2 fully saturated rings. The summed E-state index contributed by atoms with van der Waals surface area (Å²) < 4.78 is 2.16. The van der Waals surface area contributed by atoms with Gasteiger partial charge in [-0.05, 0) is 68.4 Å². The Morgan fingerprint density at radius 3 is 2.52 bits per heavy atom. The Bertz CT molecular complexity index is 877. The minimum absolute atomic E-state index is 0.491. The fourth-order valence-electron chi connectivity index (χ4n) is 4.30. The number of piperidine rings is 1. The summed E-state index contributed by atoms with van der Waals surface area (Å²) in [5.41, 5.74) is 3.87. The Morgan fingerprint density at radius 2 is 1.72 bits per heavy atom. The number of benzene rings is 1. The first-order valence-corrected chi connectivity index (χ1v) is 9.36. The number of rotatable bonds is 3. The molecule has 1 aromatic carbocycles. The molecule has 0 unspecified atom stereocenters. The van der Waals surface area contributed by atoms with Gasteiger partial charge in [0.1, 0.15) is 0 Å². The van der Waals surface area contributed by atoms with Crippen LogP contribution in [-0.4, -0.2) is 39.8 Å². The lowest BCUT2D eigenvalue weighted by Crippen LogP contribution is -2.31. The lowest BCUT2D eigenvalue weighted by Gasteiger charge is -2.29. The molecule has 0 amide bonds. The van der Waals surface area contributed by atoms with Crippen molar-refractivity contribution in [1.82, 2.24) is 19.7 Å². The van der Waals surface area contributed by atoms with Crippen molar-refractivity contribution >= 4 is 11.0 Å². The van der Waals surface area contributed by atoms with Gasteiger partial charge in [-0.1, -0.05) is 30.3 Å². The molecule has 2 aliphatic rings. The van der Waals surface area contributed by atoms with E-state index in [1.807, 2.05) is 6.20 Å². The van der Waals surface area contributed by atoms with Crippen LogP contribution in [-0.2, 0) is 0 Å². The molecule has 128 valence electrons. The predicted molar refractivity (Wildman–Crippen MR) is 99.8 cm³/mol. The van der Waals surface area contributed by atoms with Gasteiger partial charge in [-0.2, -0.15) is 5.10 Å². The highest BCUT2D eigenvalue weighted by Crippen LogP contribution is 2.54. The van der Waals surface area contributed by atoms with Gasteiger partial charge in [-0.15, -0.1) is 0 Å². The fourth-order valence-corrected chi connectivity index (χ4v) is 4.30. The zero-order chi connectivity index (χ0) is 16.8. The van der Waals surface area contributed by atoms with Gasteiger partial charge < -0.3 is 4.90 Å². The summed E-state index contributed by atoms with van der Waals surface area (Å²) in [7, 11) is 2.20. The van der Waals surface area contributed by atoms with Crippen LogP contribution in [0.4, 0.5) is 0 Å². The SMILES string of the molecule is CN1CCC(n2ncc3cc([C@@H]4C[C@H]4c4ccccc4)cnc32)CC1. The zero-order valence-electron chi connectivity index (χ0n) is 14.7. The van der Waals surface area contributed by atoms with Gasteiger partial charge in [0.25, 0.3) is 0 Å². The van der Waals surface area contributed by atoms with Gasteiger partial charge in [0, 0.05) is 11.6 Å². The molecule has 2 aromatic heterocycles. The minimum Gasteiger partial charge on any atom is -0.306 e. The number of hydrogen-bond donors (Lipinski definition) is 0. The predicted octanol–water partition coefficient (Wildman–Crippen LogP) is 3.97. The third-order valence-corrected chi connectivity index (χ3v) is 5.93. The van der Waals surface area contributed by atoms with E-state index in [4.69, 9.17) is 4.98 Å². The Morgan fingerprint density at radius 1 is 0.960 bits per heavy atom.